The minimum atomic E-state index is -0.630. The van der Waals surface area contributed by atoms with E-state index in [1.807, 2.05) is 32.1 Å². The number of carbonyl (C=O) groups excluding carboxylic acids is 3. The maximum Gasteiger partial charge on any atom is 0.264 e. The molecule has 2 aliphatic rings. The number of rotatable bonds is 4. The fraction of sp³-hybridized carbons (Fsp3) is 0.650. The summed E-state index contributed by atoms with van der Waals surface area (Å²) in [7, 11) is 1.90. The first-order valence-electron chi connectivity index (χ1n) is 9.28. The second-order valence-electron chi connectivity index (χ2n) is 8.13. The molecule has 0 N–H and O–H groups in total. The van der Waals surface area contributed by atoms with Crippen LogP contribution < -0.4 is 0 Å². The van der Waals surface area contributed by atoms with Gasteiger partial charge < -0.3 is 9.69 Å². The van der Waals surface area contributed by atoms with Crippen LogP contribution in [0.2, 0.25) is 0 Å². The Morgan fingerprint density at radius 2 is 1.92 bits per heavy atom. The predicted molar refractivity (Wildman–Crippen MR) is 106 cm³/mol. The van der Waals surface area contributed by atoms with E-state index in [1.165, 1.54) is 42.4 Å². The number of thiophene rings is 1. The highest BCUT2D eigenvalue weighted by atomic mass is 32.2. The van der Waals surface area contributed by atoms with E-state index in [0.29, 0.717) is 22.9 Å². The number of aldehydes is 1. The van der Waals surface area contributed by atoms with Crippen LogP contribution in [-0.4, -0.2) is 42.2 Å². The summed E-state index contributed by atoms with van der Waals surface area (Å²) in [6.07, 6.45) is 9.01. The Labute approximate surface area is 163 Å². The Morgan fingerprint density at radius 3 is 2.50 bits per heavy atom. The molecule has 2 aliphatic carbocycles. The van der Waals surface area contributed by atoms with E-state index in [2.05, 4.69) is 0 Å². The number of carbonyl (C=O) groups is 3. The van der Waals surface area contributed by atoms with Gasteiger partial charge in [-0.1, -0.05) is 33.1 Å². The summed E-state index contributed by atoms with van der Waals surface area (Å²) < 4.78 is 0.868. The number of hydrogen-bond donors (Lipinski definition) is 0. The molecular weight excluding hydrogens is 366 g/mol. The summed E-state index contributed by atoms with van der Waals surface area (Å²) >= 11 is 2.92. The largest absolute Gasteiger partial charge is 0.338 e. The van der Waals surface area contributed by atoms with Crippen molar-refractivity contribution in [1.29, 1.82) is 0 Å². The van der Waals surface area contributed by atoms with Gasteiger partial charge in [-0.2, -0.15) is 0 Å². The van der Waals surface area contributed by atoms with Crippen LogP contribution in [-0.2, 0) is 11.2 Å². The van der Waals surface area contributed by atoms with Crippen molar-refractivity contribution in [2.75, 3.05) is 13.3 Å². The lowest BCUT2D eigenvalue weighted by Gasteiger charge is -2.35. The van der Waals surface area contributed by atoms with Crippen molar-refractivity contribution in [2.45, 2.75) is 62.6 Å². The van der Waals surface area contributed by atoms with Gasteiger partial charge >= 0.3 is 0 Å². The molecule has 0 saturated heterocycles. The molecule has 1 atom stereocenters. The molecule has 3 rings (SSSR count). The molecular formula is C20H27NO3S2. The lowest BCUT2D eigenvalue weighted by Crippen LogP contribution is -2.41. The van der Waals surface area contributed by atoms with Gasteiger partial charge in [0.25, 0.3) is 5.91 Å². The minimum absolute atomic E-state index is 0.0339. The highest BCUT2D eigenvalue weighted by Crippen LogP contribution is 2.47. The third-order valence-electron chi connectivity index (χ3n) is 5.94. The number of amides is 1. The first kappa shape index (κ1) is 19.6. The molecule has 0 aliphatic heterocycles. The highest BCUT2D eigenvalue weighted by Gasteiger charge is 2.45. The Morgan fingerprint density at radius 1 is 1.27 bits per heavy atom. The van der Waals surface area contributed by atoms with Crippen LogP contribution in [0, 0.1) is 11.3 Å². The van der Waals surface area contributed by atoms with E-state index in [0.717, 1.165) is 28.9 Å². The number of fused-ring (bicyclic) bond motifs is 1. The smallest absolute Gasteiger partial charge is 0.264 e. The molecule has 142 valence electrons. The fourth-order valence-corrected chi connectivity index (χ4v) is 6.34. The van der Waals surface area contributed by atoms with Gasteiger partial charge in [-0.05, 0) is 36.5 Å². The van der Waals surface area contributed by atoms with Crippen molar-refractivity contribution >= 4 is 41.1 Å². The maximum atomic E-state index is 13.3. The van der Waals surface area contributed by atoms with Gasteiger partial charge in [0.1, 0.15) is 6.29 Å². The molecule has 1 unspecified atom stereocenters. The molecule has 1 saturated carbocycles. The lowest BCUT2D eigenvalue weighted by molar-refractivity contribution is -0.112. The van der Waals surface area contributed by atoms with Crippen molar-refractivity contribution < 1.29 is 14.4 Å². The van der Waals surface area contributed by atoms with Crippen LogP contribution in [0.3, 0.4) is 0 Å². The minimum Gasteiger partial charge on any atom is -0.338 e. The van der Waals surface area contributed by atoms with E-state index in [1.54, 1.807) is 0 Å². The van der Waals surface area contributed by atoms with Gasteiger partial charge in [0.2, 0.25) is 0 Å². The summed E-state index contributed by atoms with van der Waals surface area (Å²) in [6, 6.07) is 0.293. The maximum absolute atomic E-state index is 13.3. The normalized spacial score (nSPS) is 22.8. The van der Waals surface area contributed by atoms with Gasteiger partial charge in [-0.25, -0.2) is 0 Å². The number of thioether (sulfide) groups is 1. The molecule has 0 aromatic carbocycles. The number of hydrogen-bond acceptors (Lipinski definition) is 5. The first-order valence-corrected chi connectivity index (χ1v) is 11.3. The molecule has 26 heavy (non-hydrogen) atoms. The van der Waals surface area contributed by atoms with Crippen molar-refractivity contribution in [3.8, 4) is 0 Å². The van der Waals surface area contributed by atoms with Crippen LogP contribution in [0.1, 0.15) is 71.5 Å². The van der Waals surface area contributed by atoms with Crippen LogP contribution >= 0.6 is 23.1 Å². The molecule has 1 amide bonds. The Kier molecular flexibility index (Phi) is 5.63. The SMILES string of the molecule is CSc1sc(C(=O)N(C)C2CCCCC2)c2c1C(=O)C(C=O)C(C)(C)C2. The summed E-state index contributed by atoms with van der Waals surface area (Å²) in [4.78, 5) is 40.4. The second kappa shape index (κ2) is 7.47. The van der Waals surface area contributed by atoms with E-state index < -0.39 is 11.3 Å². The van der Waals surface area contributed by atoms with Crippen LogP contribution in [0.4, 0.5) is 0 Å². The molecule has 1 aromatic rings. The summed E-state index contributed by atoms with van der Waals surface area (Å²) in [6.45, 7) is 3.89. The van der Waals surface area contributed by atoms with E-state index in [4.69, 9.17) is 0 Å². The zero-order valence-corrected chi connectivity index (χ0v) is 17.6. The van der Waals surface area contributed by atoms with E-state index >= 15 is 0 Å². The molecule has 1 aromatic heterocycles. The molecule has 0 spiro atoms. The van der Waals surface area contributed by atoms with Gasteiger partial charge in [-0.15, -0.1) is 23.1 Å². The van der Waals surface area contributed by atoms with Crippen molar-refractivity contribution in [1.82, 2.24) is 4.90 Å². The van der Waals surface area contributed by atoms with E-state index in [9.17, 15) is 14.4 Å². The third kappa shape index (κ3) is 3.26. The zero-order valence-electron chi connectivity index (χ0n) is 16.0. The molecule has 0 bridgehead atoms. The zero-order chi connectivity index (χ0) is 19.1. The summed E-state index contributed by atoms with van der Waals surface area (Å²) in [5, 5.41) is 0. The van der Waals surface area contributed by atoms with Crippen LogP contribution in [0.5, 0.6) is 0 Å². The third-order valence-corrected chi connectivity index (χ3v) is 8.28. The summed E-state index contributed by atoms with van der Waals surface area (Å²) in [5.41, 5.74) is 1.03. The first-order chi connectivity index (χ1) is 12.3. The fourth-order valence-electron chi connectivity index (χ4n) is 4.29. The van der Waals surface area contributed by atoms with Gasteiger partial charge in [0.05, 0.1) is 15.0 Å². The molecule has 4 nitrogen and oxygen atoms in total. The lowest BCUT2D eigenvalue weighted by atomic mass is 9.67. The number of ketones is 1. The molecule has 1 heterocycles. The van der Waals surface area contributed by atoms with Crippen LogP contribution in [0.25, 0.3) is 0 Å². The molecule has 0 radical (unpaired) electrons. The van der Waals surface area contributed by atoms with Gasteiger partial charge in [-0.3, -0.25) is 9.59 Å². The van der Waals surface area contributed by atoms with Crippen molar-refractivity contribution in [3.63, 3.8) is 0 Å². The predicted octanol–water partition coefficient (Wildman–Crippen LogP) is 4.45. The summed E-state index contributed by atoms with van der Waals surface area (Å²) in [5.74, 6) is -0.715. The standard InChI is InChI=1S/C20H27NO3S2/c1-20(2)10-13-15(16(23)14(20)11-22)19(25-4)26-17(13)18(24)21(3)12-8-6-5-7-9-12/h11-12,14H,5-10H2,1-4H3. The van der Waals surface area contributed by atoms with Gasteiger partial charge in [0, 0.05) is 18.7 Å². The topological polar surface area (TPSA) is 54.5 Å². The van der Waals surface area contributed by atoms with E-state index in [-0.39, 0.29) is 11.7 Å². The van der Waals surface area contributed by atoms with Crippen molar-refractivity contribution in [2.24, 2.45) is 11.3 Å². The van der Waals surface area contributed by atoms with Gasteiger partial charge in [0.15, 0.2) is 5.78 Å². The van der Waals surface area contributed by atoms with Crippen molar-refractivity contribution in [3.05, 3.63) is 16.0 Å². The average Bonchev–Trinajstić information content (AvgIpc) is 2.99. The Hall–Kier alpha value is -1.14. The second-order valence-corrected chi connectivity index (χ2v) is 10.2. The Bertz CT molecular complexity index is 732. The highest BCUT2D eigenvalue weighted by molar-refractivity contribution is 8.00. The Balaban J connectivity index is 2.01. The monoisotopic (exact) mass is 393 g/mol. The quantitative estimate of drug-likeness (QED) is 0.431. The molecule has 1 fully saturated rings. The van der Waals surface area contributed by atoms with Crippen LogP contribution in [0.15, 0.2) is 4.21 Å². The molecule has 6 heteroatoms. The average molecular weight is 394 g/mol. The number of nitrogens with zero attached hydrogens (tertiary/aromatic N) is 1. The number of Topliss-reactive ketones (excluding diaryl/α,β-unsaturated/α-hetero) is 1.